The number of hydrogen-bond acceptors (Lipinski definition) is 9. The topological polar surface area (TPSA) is 136 Å². The molecule has 12 heteroatoms. The van der Waals surface area contributed by atoms with Crippen LogP contribution >= 0.6 is 0 Å². The number of aromatic nitrogens is 4. The first-order valence-corrected chi connectivity index (χ1v) is 12.4. The molecule has 2 aromatic heterocycles. The molecule has 0 spiro atoms. The fourth-order valence-electron chi connectivity index (χ4n) is 4.12. The van der Waals surface area contributed by atoms with Gasteiger partial charge >= 0.3 is 5.97 Å². The van der Waals surface area contributed by atoms with Gasteiger partial charge in [-0.25, -0.2) is 27.9 Å². The molecular weight excluding hydrogens is 436 g/mol. The molecule has 2 aliphatic heterocycles. The quantitative estimate of drug-likeness (QED) is 0.620. The van der Waals surface area contributed by atoms with Crippen molar-refractivity contribution in [3.05, 3.63) is 30.2 Å². The van der Waals surface area contributed by atoms with Gasteiger partial charge < -0.3 is 15.0 Å². The van der Waals surface area contributed by atoms with E-state index in [0.717, 1.165) is 12.8 Å². The maximum absolute atomic E-state index is 12.7. The first-order chi connectivity index (χ1) is 15.3. The summed E-state index contributed by atoms with van der Waals surface area (Å²) in [6.45, 7) is 1.95. The smallest absolute Gasteiger partial charge is 0.329 e. The number of aryl methyl sites for hydroxylation is 1. The highest BCUT2D eigenvalue weighted by Crippen LogP contribution is 2.27. The van der Waals surface area contributed by atoms with Crippen molar-refractivity contribution in [2.75, 3.05) is 34.9 Å². The number of rotatable bonds is 6. The number of nitrogens with one attached hydrogen (secondary N) is 1. The summed E-state index contributed by atoms with van der Waals surface area (Å²) in [5, 5.41) is 7.02. The number of amides is 1. The Kier molecular flexibility index (Phi) is 6.40. The Morgan fingerprint density at radius 1 is 1.22 bits per heavy atom. The van der Waals surface area contributed by atoms with Crippen LogP contribution in [0.5, 0.6) is 0 Å². The highest BCUT2D eigenvalue weighted by atomic mass is 32.2. The second-order valence-corrected chi connectivity index (χ2v) is 10.3. The molecule has 2 aromatic rings. The van der Waals surface area contributed by atoms with Gasteiger partial charge in [-0.2, -0.15) is 5.10 Å². The van der Waals surface area contributed by atoms with Crippen molar-refractivity contribution in [3.8, 4) is 0 Å². The van der Waals surface area contributed by atoms with Crippen molar-refractivity contribution in [2.45, 2.75) is 44.7 Å². The number of ether oxygens (including phenoxy) is 1. The van der Waals surface area contributed by atoms with Gasteiger partial charge in [-0.1, -0.05) is 0 Å². The molecule has 0 saturated carbocycles. The van der Waals surface area contributed by atoms with Crippen LogP contribution in [-0.2, 0) is 24.2 Å². The third-order valence-corrected chi connectivity index (χ3v) is 7.36. The Balaban J connectivity index is 1.36. The first kappa shape index (κ1) is 22.2. The average Bonchev–Trinajstić information content (AvgIpc) is 3.33. The molecule has 2 saturated heterocycles. The van der Waals surface area contributed by atoms with Gasteiger partial charge in [-0.3, -0.25) is 4.79 Å². The van der Waals surface area contributed by atoms with E-state index in [4.69, 9.17) is 4.74 Å². The molecule has 4 rings (SSSR count). The van der Waals surface area contributed by atoms with Gasteiger partial charge in [0.05, 0.1) is 23.2 Å². The van der Waals surface area contributed by atoms with Crippen molar-refractivity contribution >= 4 is 33.5 Å². The fourth-order valence-corrected chi connectivity index (χ4v) is 5.82. The maximum Gasteiger partial charge on any atom is 0.329 e. The number of carbonyl (C=O) groups is 2. The molecule has 0 radical (unpaired) electrons. The number of nitrogens with zero attached hydrogens (tertiary/aromatic N) is 5. The Bertz CT molecular complexity index is 1090. The lowest BCUT2D eigenvalue weighted by molar-refractivity contribution is -0.149. The predicted octanol–water partition coefficient (Wildman–Crippen LogP) is 0.882. The van der Waals surface area contributed by atoms with E-state index >= 15 is 0 Å². The standard InChI is InChI=1S/C20H26N6O5S/c1-14-11-17(26(24-14)15-6-10-32(29,30)13-15)23-18(27)12-31-19(28)16-5-2-3-9-25(16)20-21-7-4-8-22-20/h4,7-8,11,15-16H,2-3,5-6,9-10,12-13H2,1H3,(H,23,27). The molecule has 11 nitrogen and oxygen atoms in total. The summed E-state index contributed by atoms with van der Waals surface area (Å²) in [7, 11) is -3.10. The molecular formula is C20H26N6O5S. The van der Waals surface area contributed by atoms with E-state index in [1.165, 1.54) is 4.68 Å². The molecule has 2 atom stereocenters. The van der Waals surface area contributed by atoms with Gasteiger partial charge in [0.2, 0.25) is 5.95 Å². The molecule has 2 aliphatic rings. The third-order valence-electron chi connectivity index (χ3n) is 5.61. The van der Waals surface area contributed by atoms with Crippen LogP contribution in [0.25, 0.3) is 0 Å². The Morgan fingerprint density at radius 2 is 2.00 bits per heavy atom. The normalized spacial score (nSPS) is 22.5. The lowest BCUT2D eigenvalue weighted by Gasteiger charge is -2.33. The number of esters is 1. The summed E-state index contributed by atoms with van der Waals surface area (Å²) in [5.74, 6) is -0.0694. The monoisotopic (exact) mass is 462 g/mol. The minimum atomic E-state index is -3.10. The van der Waals surface area contributed by atoms with Crippen molar-refractivity contribution in [2.24, 2.45) is 0 Å². The zero-order valence-electron chi connectivity index (χ0n) is 17.8. The fraction of sp³-hybridized carbons (Fsp3) is 0.550. The SMILES string of the molecule is Cc1cc(NC(=O)COC(=O)C2CCCCN2c2ncccn2)n(C2CCS(=O)(=O)C2)n1. The number of piperidine rings is 1. The molecule has 0 bridgehead atoms. The number of sulfone groups is 1. The lowest BCUT2D eigenvalue weighted by Crippen LogP contribution is -2.47. The van der Waals surface area contributed by atoms with Crippen LogP contribution in [0.1, 0.15) is 37.4 Å². The molecule has 1 N–H and O–H groups in total. The summed E-state index contributed by atoms with van der Waals surface area (Å²) in [6.07, 6.45) is 6.07. The van der Waals surface area contributed by atoms with Gasteiger partial charge in [0.1, 0.15) is 11.9 Å². The molecule has 0 aliphatic carbocycles. The lowest BCUT2D eigenvalue weighted by atomic mass is 10.0. The zero-order chi connectivity index (χ0) is 22.7. The van der Waals surface area contributed by atoms with Crippen molar-refractivity contribution in [1.82, 2.24) is 19.7 Å². The van der Waals surface area contributed by atoms with E-state index in [2.05, 4.69) is 20.4 Å². The van der Waals surface area contributed by atoms with Gasteiger partial charge in [0.25, 0.3) is 5.91 Å². The van der Waals surface area contributed by atoms with E-state index in [1.807, 2.05) is 4.90 Å². The van der Waals surface area contributed by atoms with Crippen LogP contribution in [0.15, 0.2) is 24.5 Å². The number of carbonyl (C=O) groups excluding carboxylic acids is 2. The van der Waals surface area contributed by atoms with Crippen LogP contribution < -0.4 is 10.2 Å². The largest absolute Gasteiger partial charge is 0.454 e. The Labute approximate surface area is 186 Å². The minimum absolute atomic E-state index is 0.00888. The second-order valence-electron chi connectivity index (χ2n) is 8.08. The van der Waals surface area contributed by atoms with Gasteiger partial charge in [0, 0.05) is 25.0 Å². The molecule has 2 fully saturated rings. The molecule has 4 heterocycles. The van der Waals surface area contributed by atoms with Crippen LogP contribution in [0.2, 0.25) is 0 Å². The summed E-state index contributed by atoms with van der Waals surface area (Å²) in [6, 6.07) is 2.50. The maximum atomic E-state index is 12.7. The average molecular weight is 463 g/mol. The second kappa shape index (κ2) is 9.23. The van der Waals surface area contributed by atoms with E-state index in [9.17, 15) is 18.0 Å². The predicted molar refractivity (Wildman–Crippen MR) is 116 cm³/mol. The molecule has 0 aromatic carbocycles. The molecule has 172 valence electrons. The first-order valence-electron chi connectivity index (χ1n) is 10.6. The summed E-state index contributed by atoms with van der Waals surface area (Å²) in [5.41, 5.74) is 0.655. The Morgan fingerprint density at radius 3 is 2.72 bits per heavy atom. The minimum Gasteiger partial charge on any atom is -0.454 e. The van der Waals surface area contributed by atoms with Gasteiger partial charge in [-0.05, 0) is 38.7 Å². The third kappa shape index (κ3) is 5.06. The van der Waals surface area contributed by atoms with Crippen LogP contribution in [-0.4, -0.2) is 70.7 Å². The van der Waals surface area contributed by atoms with Crippen LogP contribution in [0.4, 0.5) is 11.8 Å². The number of anilines is 2. The van der Waals surface area contributed by atoms with Crippen molar-refractivity contribution in [3.63, 3.8) is 0 Å². The Hall–Kier alpha value is -3.02. The summed E-state index contributed by atoms with van der Waals surface area (Å²) >= 11 is 0. The van der Waals surface area contributed by atoms with E-state index in [0.29, 0.717) is 36.8 Å². The van der Waals surface area contributed by atoms with Crippen molar-refractivity contribution in [1.29, 1.82) is 0 Å². The van der Waals surface area contributed by atoms with E-state index in [-0.39, 0.29) is 17.5 Å². The molecule has 1 amide bonds. The van der Waals surface area contributed by atoms with Crippen LogP contribution in [0, 0.1) is 6.92 Å². The highest BCUT2D eigenvalue weighted by molar-refractivity contribution is 7.91. The highest BCUT2D eigenvalue weighted by Gasteiger charge is 2.33. The van der Waals surface area contributed by atoms with Gasteiger partial charge in [0.15, 0.2) is 16.4 Å². The van der Waals surface area contributed by atoms with E-state index in [1.54, 1.807) is 31.5 Å². The van der Waals surface area contributed by atoms with Crippen molar-refractivity contribution < 1.29 is 22.7 Å². The summed E-state index contributed by atoms with van der Waals surface area (Å²) in [4.78, 5) is 35.4. The zero-order valence-corrected chi connectivity index (χ0v) is 18.6. The molecule has 2 unspecified atom stereocenters. The summed E-state index contributed by atoms with van der Waals surface area (Å²) < 4.78 is 30.5. The molecule has 32 heavy (non-hydrogen) atoms. The van der Waals surface area contributed by atoms with E-state index < -0.39 is 34.4 Å². The van der Waals surface area contributed by atoms with Gasteiger partial charge in [-0.15, -0.1) is 0 Å². The van der Waals surface area contributed by atoms with Crippen LogP contribution in [0.3, 0.4) is 0 Å². The number of hydrogen-bond donors (Lipinski definition) is 1.